The highest BCUT2D eigenvalue weighted by Gasteiger charge is 2.13. The van der Waals surface area contributed by atoms with Crippen molar-refractivity contribution in [3.63, 3.8) is 0 Å². The van der Waals surface area contributed by atoms with E-state index in [1.807, 2.05) is 42.5 Å². The molecule has 3 aromatic rings. The topological polar surface area (TPSA) is 86.8 Å². The fourth-order valence-electron chi connectivity index (χ4n) is 2.64. The maximum atomic E-state index is 5.68. The van der Waals surface area contributed by atoms with Gasteiger partial charge in [-0.2, -0.15) is 4.98 Å². The van der Waals surface area contributed by atoms with Crippen molar-refractivity contribution < 1.29 is 18.9 Å². The number of rotatable bonds is 8. The molecule has 28 heavy (non-hydrogen) atoms. The lowest BCUT2D eigenvalue weighted by atomic mass is 10.3. The molecule has 8 heteroatoms. The van der Waals surface area contributed by atoms with Gasteiger partial charge in [0.05, 0.1) is 13.7 Å². The highest BCUT2D eigenvalue weighted by molar-refractivity contribution is 5.62. The zero-order chi connectivity index (χ0) is 19.2. The molecule has 0 aliphatic carbocycles. The minimum Gasteiger partial charge on any atom is -0.497 e. The maximum Gasteiger partial charge on any atom is 0.231 e. The van der Waals surface area contributed by atoms with Crippen molar-refractivity contribution in [1.82, 2.24) is 9.97 Å². The molecule has 2 aromatic carbocycles. The minimum atomic E-state index is 0.249. The third-order valence-corrected chi connectivity index (χ3v) is 4.01. The van der Waals surface area contributed by atoms with Crippen LogP contribution in [0.1, 0.15) is 0 Å². The van der Waals surface area contributed by atoms with Crippen LogP contribution < -0.4 is 29.6 Å². The molecule has 2 heterocycles. The number of nitrogens with one attached hydrogen (secondary N) is 2. The molecule has 0 saturated carbocycles. The second-order valence-corrected chi connectivity index (χ2v) is 5.91. The van der Waals surface area contributed by atoms with Crippen LogP contribution in [0.3, 0.4) is 0 Å². The van der Waals surface area contributed by atoms with E-state index in [0.717, 1.165) is 22.9 Å². The van der Waals surface area contributed by atoms with E-state index in [0.29, 0.717) is 30.7 Å². The van der Waals surface area contributed by atoms with Crippen LogP contribution in [0.2, 0.25) is 0 Å². The lowest BCUT2D eigenvalue weighted by molar-refractivity contribution is 0.174. The van der Waals surface area contributed by atoms with Crippen LogP contribution >= 0.6 is 0 Å². The summed E-state index contributed by atoms with van der Waals surface area (Å²) in [6, 6.07) is 14.9. The Bertz CT molecular complexity index is 934. The third kappa shape index (κ3) is 4.35. The van der Waals surface area contributed by atoms with Crippen LogP contribution in [0.25, 0.3) is 0 Å². The van der Waals surface area contributed by atoms with Crippen molar-refractivity contribution in [2.75, 3.05) is 37.7 Å². The Labute approximate surface area is 162 Å². The van der Waals surface area contributed by atoms with Gasteiger partial charge in [-0.05, 0) is 42.5 Å². The number of benzene rings is 2. The molecular formula is C20H20N4O4. The molecule has 8 nitrogen and oxygen atoms in total. The van der Waals surface area contributed by atoms with Gasteiger partial charge in [-0.1, -0.05) is 0 Å². The number of aromatic nitrogens is 2. The summed E-state index contributed by atoms with van der Waals surface area (Å²) in [7, 11) is 1.63. The summed E-state index contributed by atoms with van der Waals surface area (Å²) in [4.78, 5) is 8.68. The van der Waals surface area contributed by atoms with Crippen molar-refractivity contribution in [2.45, 2.75) is 0 Å². The second-order valence-electron chi connectivity index (χ2n) is 5.91. The molecule has 1 aliphatic rings. The molecule has 0 amide bonds. The summed E-state index contributed by atoms with van der Waals surface area (Å²) in [5.41, 5.74) is 0.858. The smallest absolute Gasteiger partial charge is 0.231 e. The number of ether oxygens (including phenoxy) is 4. The predicted octanol–water partition coefficient (Wildman–Crippen LogP) is 3.45. The number of methoxy groups -OCH3 is 1. The van der Waals surface area contributed by atoms with Crippen molar-refractivity contribution in [3.05, 3.63) is 54.7 Å². The molecule has 0 unspecified atom stereocenters. The normalized spacial score (nSPS) is 11.8. The quantitative estimate of drug-likeness (QED) is 0.575. The molecule has 0 spiro atoms. The van der Waals surface area contributed by atoms with E-state index in [-0.39, 0.29) is 6.79 Å². The number of hydrogen-bond acceptors (Lipinski definition) is 8. The Kier molecular flexibility index (Phi) is 5.28. The number of hydrogen-bond donors (Lipinski definition) is 2. The SMILES string of the molecule is COc1ccc(OCCNc2nccc(Nc3ccc4c(c3)OCO4)n2)cc1. The van der Waals surface area contributed by atoms with Gasteiger partial charge in [0.2, 0.25) is 12.7 Å². The van der Waals surface area contributed by atoms with Gasteiger partial charge in [0.15, 0.2) is 11.5 Å². The van der Waals surface area contributed by atoms with Gasteiger partial charge in [0.25, 0.3) is 0 Å². The van der Waals surface area contributed by atoms with Crippen molar-refractivity contribution in [1.29, 1.82) is 0 Å². The van der Waals surface area contributed by atoms with Gasteiger partial charge >= 0.3 is 0 Å². The number of nitrogens with zero attached hydrogens (tertiary/aromatic N) is 2. The first-order valence-corrected chi connectivity index (χ1v) is 8.80. The monoisotopic (exact) mass is 380 g/mol. The Morgan fingerprint density at radius 1 is 1.00 bits per heavy atom. The predicted molar refractivity (Wildman–Crippen MR) is 105 cm³/mol. The summed E-state index contributed by atoms with van der Waals surface area (Å²) in [6.45, 7) is 1.30. The van der Waals surface area contributed by atoms with Gasteiger partial charge in [-0.25, -0.2) is 4.98 Å². The average molecular weight is 380 g/mol. The Hall–Kier alpha value is -3.68. The van der Waals surface area contributed by atoms with Gasteiger partial charge in [0, 0.05) is 18.0 Å². The van der Waals surface area contributed by atoms with Crippen LogP contribution in [-0.2, 0) is 0 Å². The highest BCUT2D eigenvalue weighted by Crippen LogP contribution is 2.34. The van der Waals surface area contributed by atoms with Crippen molar-refractivity contribution in [2.24, 2.45) is 0 Å². The van der Waals surface area contributed by atoms with Gasteiger partial charge < -0.3 is 29.6 Å². The van der Waals surface area contributed by atoms with Gasteiger partial charge in [-0.15, -0.1) is 0 Å². The third-order valence-electron chi connectivity index (χ3n) is 4.01. The van der Waals surface area contributed by atoms with Crippen LogP contribution in [0.4, 0.5) is 17.5 Å². The van der Waals surface area contributed by atoms with E-state index in [1.54, 1.807) is 19.4 Å². The van der Waals surface area contributed by atoms with Crippen LogP contribution in [0, 0.1) is 0 Å². The molecule has 0 bridgehead atoms. The standard InChI is InChI=1S/C20H20N4O4/c1-25-15-3-5-16(6-4-15)26-11-10-22-20-21-9-8-19(24-20)23-14-2-7-17-18(12-14)28-13-27-17/h2-9,12H,10-11,13H2,1H3,(H2,21,22,23,24). The second kappa shape index (κ2) is 8.34. The number of fused-ring (bicyclic) bond motifs is 1. The molecule has 4 rings (SSSR count). The zero-order valence-electron chi connectivity index (χ0n) is 15.3. The minimum absolute atomic E-state index is 0.249. The lowest BCUT2D eigenvalue weighted by Gasteiger charge is -2.10. The molecular weight excluding hydrogens is 360 g/mol. The van der Waals surface area contributed by atoms with E-state index in [4.69, 9.17) is 18.9 Å². The zero-order valence-corrected chi connectivity index (χ0v) is 15.3. The summed E-state index contributed by atoms with van der Waals surface area (Å²) < 4.78 is 21.5. The summed E-state index contributed by atoms with van der Waals surface area (Å²) >= 11 is 0. The van der Waals surface area contributed by atoms with Crippen molar-refractivity contribution in [3.8, 4) is 23.0 Å². The first-order chi connectivity index (χ1) is 13.8. The molecule has 0 radical (unpaired) electrons. The number of anilines is 3. The van der Waals surface area contributed by atoms with Gasteiger partial charge in [-0.3, -0.25) is 0 Å². The fourth-order valence-corrected chi connectivity index (χ4v) is 2.64. The van der Waals surface area contributed by atoms with E-state index in [9.17, 15) is 0 Å². The van der Waals surface area contributed by atoms with E-state index < -0.39 is 0 Å². The summed E-state index contributed by atoms with van der Waals surface area (Å²) in [6.07, 6.45) is 1.69. The summed E-state index contributed by atoms with van der Waals surface area (Å²) in [5, 5.41) is 6.38. The van der Waals surface area contributed by atoms with E-state index in [2.05, 4.69) is 20.6 Å². The van der Waals surface area contributed by atoms with Crippen LogP contribution in [-0.4, -0.2) is 37.0 Å². The largest absolute Gasteiger partial charge is 0.497 e. The molecule has 2 N–H and O–H groups in total. The Balaban J connectivity index is 1.28. The van der Waals surface area contributed by atoms with Gasteiger partial charge in [0.1, 0.15) is 23.9 Å². The van der Waals surface area contributed by atoms with Crippen LogP contribution in [0.5, 0.6) is 23.0 Å². The molecule has 144 valence electrons. The molecule has 0 fully saturated rings. The molecule has 1 aromatic heterocycles. The average Bonchev–Trinajstić information content (AvgIpc) is 3.20. The Morgan fingerprint density at radius 3 is 2.68 bits per heavy atom. The van der Waals surface area contributed by atoms with E-state index in [1.165, 1.54) is 0 Å². The lowest BCUT2D eigenvalue weighted by Crippen LogP contribution is -2.13. The fraction of sp³-hybridized carbons (Fsp3) is 0.200. The first kappa shape index (κ1) is 17.7. The molecule has 1 aliphatic heterocycles. The van der Waals surface area contributed by atoms with E-state index >= 15 is 0 Å². The molecule has 0 saturated heterocycles. The maximum absolute atomic E-state index is 5.68. The highest BCUT2D eigenvalue weighted by atomic mass is 16.7. The van der Waals surface area contributed by atoms with Crippen molar-refractivity contribution >= 4 is 17.5 Å². The molecule has 0 atom stereocenters. The first-order valence-electron chi connectivity index (χ1n) is 8.80. The van der Waals surface area contributed by atoms with Crippen LogP contribution in [0.15, 0.2) is 54.7 Å². The Morgan fingerprint density at radius 2 is 1.82 bits per heavy atom. The summed E-state index contributed by atoms with van der Waals surface area (Å²) in [5.74, 6) is 4.23.